The molecular formula is C40H73N7O19P2. The second-order valence-corrected chi connectivity index (χ2v) is 19.9. The highest BCUT2D eigenvalue weighted by Gasteiger charge is 2.51. The van der Waals surface area contributed by atoms with E-state index in [1.54, 1.807) is 0 Å². The van der Waals surface area contributed by atoms with E-state index in [1.807, 2.05) is 26.8 Å². The van der Waals surface area contributed by atoms with Crippen molar-refractivity contribution in [2.45, 2.75) is 174 Å². The molecule has 0 bridgehead atoms. The number of nitrogens with two attached hydrogens (primary N) is 2. The molecule has 0 radical (unpaired) electrons. The summed E-state index contributed by atoms with van der Waals surface area (Å²) in [5, 5.41) is 42.8. The number of ether oxygens (including phenoxy) is 2. The maximum atomic E-state index is 13.5. The van der Waals surface area contributed by atoms with E-state index in [-0.39, 0.29) is 31.9 Å². The molecule has 68 heavy (non-hydrogen) atoms. The van der Waals surface area contributed by atoms with Crippen LogP contribution in [0.5, 0.6) is 0 Å². The molecule has 0 aromatic rings. The molecule has 1 heterocycles. The molecule has 0 aliphatic carbocycles. The van der Waals surface area contributed by atoms with Crippen molar-refractivity contribution in [1.82, 2.24) is 26.6 Å². The number of aliphatic hydroxyl groups is 2. The van der Waals surface area contributed by atoms with Gasteiger partial charge in [-0.05, 0) is 99.0 Å². The van der Waals surface area contributed by atoms with Crippen molar-refractivity contribution in [3.8, 4) is 0 Å². The number of carboxylic acid groups (broad SMARTS) is 1. The molecule has 1 saturated heterocycles. The molecule has 0 aromatic heterocycles. The fourth-order valence-electron chi connectivity index (χ4n) is 6.50. The number of phosphoric acid groups is 2. The average molecular weight is 1020 g/mol. The lowest BCUT2D eigenvalue weighted by Crippen LogP contribution is -2.66. The third-order valence-electron chi connectivity index (χ3n) is 10.3. The van der Waals surface area contributed by atoms with Gasteiger partial charge in [0.2, 0.25) is 29.5 Å². The number of hydrogen-bond donors (Lipinski definition) is 12. The van der Waals surface area contributed by atoms with Gasteiger partial charge in [-0.1, -0.05) is 18.6 Å². The fourth-order valence-corrected chi connectivity index (χ4v) is 8.66. The van der Waals surface area contributed by atoms with Gasteiger partial charge in [0.25, 0.3) is 0 Å². The number of amides is 5. The molecule has 26 nitrogen and oxygen atoms in total. The van der Waals surface area contributed by atoms with Gasteiger partial charge in [0, 0.05) is 13.3 Å². The topological polar surface area (TPSA) is 413 Å². The summed E-state index contributed by atoms with van der Waals surface area (Å²) < 4.78 is 51.3. The van der Waals surface area contributed by atoms with Gasteiger partial charge in [-0.25, -0.2) is 13.9 Å². The number of carboxylic acids is 1. The maximum Gasteiger partial charge on any atom is 0.483 e. The van der Waals surface area contributed by atoms with Gasteiger partial charge in [-0.15, -0.1) is 0 Å². The summed E-state index contributed by atoms with van der Waals surface area (Å²) >= 11 is 0. The van der Waals surface area contributed by atoms with Gasteiger partial charge < -0.3 is 72.6 Å². The molecule has 14 N–H and O–H groups in total. The zero-order valence-electron chi connectivity index (χ0n) is 39.8. The summed E-state index contributed by atoms with van der Waals surface area (Å²) in [5.74, 6) is -6.28. The number of unbranched alkanes of at least 4 members (excludes halogenated alkanes) is 1. The molecular weight excluding hydrogens is 944 g/mol. The zero-order valence-corrected chi connectivity index (χ0v) is 41.6. The molecule has 4 unspecified atom stereocenters. The molecule has 1 rings (SSSR count). The number of phosphoric ester groups is 2. The van der Waals surface area contributed by atoms with Crippen molar-refractivity contribution < 1.29 is 90.6 Å². The molecule has 14 atom stereocenters. The highest BCUT2D eigenvalue weighted by molar-refractivity contribution is 7.61. The van der Waals surface area contributed by atoms with Gasteiger partial charge in [-0.2, -0.15) is 4.31 Å². The Morgan fingerprint density at radius 3 is 2.00 bits per heavy atom. The van der Waals surface area contributed by atoms with E-state index >= 15 is 0 Å². The number of allylic oxidation sites excluding steroid dienone is 2. The van der Waals surface area contributed by atoms with Gasteiger partial charge >= 0.3 is 21.6 Å². The van der Waals surface area contributed by atoms with Gasteiger partial charge in [-0.3, -0.25) is 37.8 Å². The molecule has 5 amide bonds. The molecule has 0 aromatic carbocycles. The largest absolute Gasteiger partial charge is 0.483 e. The van der Waals surface area contributed by atoms with E-state index in [0.29, 0.717) is 12.8 Å². The molecule has 0 saturated carbocycles. The quantitative estimate of drug-likeness (QED) is 0.0224. The summed E-state index contributed by atoms with van der Waals surface area (Å²) in [4.78, 5) is 110. The zero-order chi connectivity index (χ0) is 52.1. The Hall–Kier alpha value is -3.75. The van der Waals surface area contributed by atoms with E-state index in [9.17, 15) is 67.8 Å². The van der Waals surface area contributed by atoms with Crippen LogP contribution >= 0.6 is 15.6 Å². The van der Waals surface area contributed by atoms with E-state index in [2.05, 4.69) is 30.9 Å². The van der Waals surface area contributed by atoms with E-state index in [1.165, 1.54) is 27.7 Å². The van der Waals surface area contributed by atoms with Crippen LogP contribution in [-0.2, 0) is 65.5 Å². The summed E-state index contributed by atoms with van der Waals surface area (Å²) in [6.07, 6.45) is -5.29. The van der Waals surface area contributed by atoms with Crippen molar-refractivity contribution in [2.75, 3.05) is 19.8 Å². The highest BCUT2D eigenvalue weighted by atomic mass is 31.3. The normalized spacial score (nSPS) is 23.1. The van der Waals surface area contributed by atoms with Crippen molar-refractivity contribution in [1.29, 1.82) is 0 Å². The standard InChI is InChI=1S/C40H73N7O19P2/c1-21(2)12-11-13-22(3)17-19-62-67(58,59)66-68(60,61)65-40-32(45-27(8)49)35(34(52)30(20-48)64-40)63-26(7)33(51)24(5)43-31(50)16-15-29(39(56)57)47-38(55)28(14-9-10-18-41)46-37(54)25(6)44-36(53)23(4)42/h12,22-26,28-30,32,34-35,40,48,52H,9-11,13-20,41-42H2,1-8H3,(H,43,50)(H,44,53)(H,45,49)(H,46,54)(H,47,55)(H,56,57)(H,58,59)(H,60,61)/t22?,23-,24+,25-,26?,28+,29-,30-,32-,34-,35-,40-/m1/s1. The lowest BCUT2D eigenvalue weighted by molar-refractivity contribution is -0.261. The summed E-state index contributed by atoms with van der Waals surface area (Å²) in [7, 11) is -10.9. The number of ketones is 1. The number of aliphatic hydroxyl groups excluding tert-OH is 2. The van der Waals surface area contributed by atoms with Crippen molar-refractivity contribution in [3.05, 3.63) is 11.6 Å². The second kappa shape index (κ2) is 30.1. The van der Waals surface area contributed by atoms with Crippen LogP contribution in [0.15, 0.2) is 11.6 Å². The lowest BCUT2D eigenvalue weighted by Gasteiger charge is -2.44. The Labute approximate surface area is 395 Å². The number of nitrogens with one attached hydrogen (secondary N) is 5. The van der Waals surface area contributed by atoms with E-state index in [0.717, 1.165) is 25.3 Å². The smallest absolute Gasteiger partial charge is 0.480 e. The number of carbonyl (C=O) groups is 7. The van der Waals surface area contributed by atoms with Crippen LogP contribution in [-0.4, -0.2) is 153 Å². The molecule has 0 spiro atoms. The Morgan fingerprint density at radius 2 is 1.44 bits per heavy atom. The number of hydrogen-bond acceptors (Lipinski definition) is 18. The minimum absolute atomic E-state index is 0.0437. The van der Waals surface area contributed by atoms with Gasteiger partial charge in [0.1, 0.15) is 48.6 Å². The van der Waals surface area contributed by atoms with Crippen LogP contribution in [0.1, 0.15) is 107 Å². The highest BCUT2D eigenvalue weighted by Crippen LogP contribution is 2.61. The number of Topliss-reactive ketones (excluding diaryl/α,β-unsaturated/α-hetero) is 1. The number of aliphatic carboxylic acids is 1. The monoisotopic (exact) mass is 1020 g/mol. The van der Waals surface area contributed by atoms with Crippen LogP contribution in [0.25, 0.3) is 0 Å². The van der Waals surface area contributed by atoms with Crippen LogP contribution in [0.3, 0.4) is 0 Å². The molecule has 1 aliphatic rings. The van der Waals surface area contributed by atoms with Crippen LogP contribution in [0.2, 0.25) is 0 Å². The Kier molecular flexibility index (Phi) is 27.6. The minimum Gasteiger partial charge on any atom is -0.480 e. The summed E-state index contributed by atoms with van der Waals surface area (Å²) in [5.41, 5.74) is 12.2. The predicted octanol–water partition coefficient (Wildman–Crippen LogP) is -0.745. The predicted molar refractivity (Wildman–Crippen MR) is 241 cm³/mol. The Morgan fingerprint density at radius 1 is 0.809 bits per heavy atom. The van der Waals surface area contributed by atoms with Gasteiger partial charge in [0.05, 0.1) is 25.3 Å². The Balaban J connectivity index is 3.06. The summed E-state index contributed by atoms with van der Waals surface area (Å²) in [6, 6.07) is -8.03. The van der Waals surface area contributed by atoms with Crippen LogP contribution in [0, 0.1) is 5.92 Å². The van der Waals surface area contributed by atoms with Crippen molar-refractivity contribution >= 4 is 56.9 Å². The molecule has 392 valence electrons. The first-order valence-electron chi connectivity index (χ1n) is 22.2. The van der Waals surface area contributed by atoms with Gasteiger partial charge in [0.15, 0.2) is 12.1 Å². The Bertz CT molecular complexity index is 1820. The van der Waals surface area contributed by atoms with E-state index in [4.69, 9.17) is 30.0 Å². The third kappa shape index (κ3) is 23.2. The van der Waals surface area contributed by atoms with Crippen LogP contribution < -0.4 is 38.1 Å². The first-order valence-corrected chi connectivity index (χ1v) is 25.2. The average Bonchev–Trinajstić information content (AvgIpc) is 3.22. The molecule has 28 heteroatoms. The number of rotatable bonds is 32. The fraction of sp³-hybridized carbons (Fsp3) is 0.775. The minimum atomic E-state index is -5.63. The first kappa shape index (κ1) is 62.3. The van der Waals surface area contributed by atoms with Crippen molar-refractivity contribution in [2.24, 2.45) is 17.4 Å². The SMILES string of the molecule is CC(=O)N[C@H]1[C@@H](OP(=O)(O)OP(=O)(O)OCCC(C)CCC=C(C)C)O[C@H](CO)[C@@H](O)[C@@H]1OC(C)C(=O)[C@H](C)NC(=O)CC[C@@H](NC(=O)[C@H](CCCCN)NC(=O)[C@@H](C)NC(=O)[C@@H](C)N)C(=O)O. The number of carbonyl (C=O) groups excluding carboxylic acids is 6. The van der Waals surface area contributed by atoms with Crippen LogP contribution in [0.4, 0.5) is 0 Å². The van der Waals surface area contributed by atoms with Crippen molar-refractivity contribution in [3.63, 3.8) is 0 Å². The maximum absolute atomic E-state index is 13.5. The second-order valence-electron chi connectivity index (χ2n) is 16.9. The summed E-state index contributed by atoms with van der Waals surface area (Å²) in [6.45, 7) is 10.9. The first-order chi connectivity index (χ1) is 31.5. The molecule has 1 fully saturated rings. The lowest BCUT2D eigenvalue weighted by atomic mass is 9.96. The molecule has 1 aliphatic heterocycles. The third-order valence-corrected chi connectivity index (χ3v) is 13.0. The van der Waals surface area contributed by atoms with E-state index < -0.39 is 143 Å².